The molecule has 0 radical (unpaired) electrons. The molecule has 1 fully saturated rings. The lowest BCUT2D eigenvalue weighted by Gasteiger charge is -2.30. The fourth-order valence-electron chi connectivity index (χ4n) is 4.58. The number of fused-ring (bicyclic) bond motifs is 3. The third-order valence-corrected chi connectivity index (χ3v) is 6.07. The minimum absolute atomic E-state index is 0. The first-order chi connectivity index (χ1) is 15.3. The summed E-state index contributed by atoms with van der Waals surface area (Å²) in [6, 6.07) is 14.5. The van der Waals surface area contributed by atoms with E-state index in [1.807, 2.05) is 50.5 Å². The Kier molecular flexibility index (Phi) is 6.00. The van der Waals surface area contributed by atoms with E-state index in [4.69, 9.17) is 15.5 Å². The van der Waals surface area contributed by atoms with Crippen LogP contribution in [0.2, 0.25) is 0 Å². The molecule has 0 aliphatic heterocycles. The van der Waals surface area contributed by atoms with Gasteiger partial charge in [-0.1, -0.05) is 13.8 Å². The maximum atomic E-state index is 9.13. The van der Waals surface area contributed by atoms with E-state index in [0.29, 0.717) is 23.9 Å². The van der Waals surface area contributed by atoms with Gasteiger partial charge in [-0.3, -0.25) is 0 Å². The maximum Gasteiger partial charge on any atom is 0.141 e. The number of aromatic nitrogens is 4. The fourth-order valence-corrected chi connectivity index (χ4v) is 4.58. The summed E-state index contributed by atoms with van der Waals surface area (Å²) in [6.45, 7) is 4.00. The van der Waals surface area contributed by atoms with Crippen LogP contribution in [0.3, 0.4) is 0 Å². The van der Waals surface area contributed by atoms with Crippen molar-refractivity contribution in [1.29, 1.82) is 10.5 Å². The summed E-state index contributed by atoms with van der Waals surface area (Å²) in [6.07, 6.45) is 8.59. The molecule has 6 heteroatoms. The summed E-state index contributed by atoms with van der Waals surface area (Å²) in [7, 11) is 0. The summed E-state index contributed by atoms with van der Waals surface area (Å²) in [5.74, 6) is 1.42. The standard InChI is InChI=1S/C23H20N6.C2H6.H2/c24-11-9-15-3-7-18(8-4-15)29-21-19-10-12-26-22(19)27-14-20(21)28-23(29)17-5-1-16(13-25)2-6-17;1-2;/h1-2,5-6,10,12,14-15,18H,3-4,7-9H2,(H,26,27);1-2H3;1H. The van der Waals surface area contributed by atoms with Gasteiger partial charge in [0.2, 0.25) is 0 Å². The summed E-state index contributed by atoms with van der Waals surface area (Å²) >= 11 is 0. The second kappa shape index (κ2) is 9.02. The van der Waals surface area contributed by atoms with E-state index in [1.165, 1.54) is 0 Å². The molecule has 1 saturated carbocycles. The third kappa shape index (κ3) is 3.78. The first-order valence-corrected chi connectivity index (χ1v) is 11.0. The number of hydrogen-bond acceptors (Lipinski definition) is 4. The van der Waals surface area contributed by atoms with E-state index in [2.05, 4.69) is 32.7 Å². The number of benzene rings is 1. The molecule has 0 spiro atoms. The highest BCUT2D eigenvalue weighted by Gasteiger charge is 2.27. The number of H-pyrrole nitrogens is 1. The zero-order valence-corrected chi connectivity index (χ0v) is 18.0. The molecule has 0 atom stereocenters. The first-order valence-electron chi connectivity index (χ1n) is 11.0. The van der Waals surface area contributed by atoms with Gasteiger partial charge in [-0.2, -0.15) is 10.5 Å². The van der Waals surface area contributed by atoms with Gasteiger partial charge in [0.25, 0.3) is 0 Å². The fraction of sp³-hybridized carbons (Fsp3) is 0.360. The van der Waals surface area contributed by atoms with E-state index < -0.39 is 0 Å². The summed E-state index contributed by atoms with van der Waals surface area (Å²) < 4.78 is 2.37. The van der Waals surface area contributed by atoms with E-state index >= 15 is 0 Å². The van der Waals surface area contributed by atoms with Crippen molar-refractivity contribution in [2.45, 2.75) is 52.0 Å². The molecule has 0 saturated heterocycles. The predicted molar refractivity (Wildman–Crippen MR) is 124 cm³/mol. The van der Waals surface area contributed by atoms with Crippen LogP contribution in [0.25, 0.3) is 33.5 Å². The second-order valence-electron chi connectivity index (χ2n) is 7.76. The van der Waals surface area contributed by atoms with Crippen molar-refractivity contribution in [3.05, 3.63) is 48.3 Å². The monoisotopic (exact) mass is 412 g/mol. The molecular weight excluding hydrogens is 384 g/mol. The molecule has 0 unspecified atom stereocenters. The molecule has 0 amide bonds. The van der Waals surface area contributed by atoms with Crippen LogP contribution in [-0.4, -0.2) is 19.5 Å². The van der Waals surface area contributed by atoms with Gasteiger partial charge in [0, 0.05) is 31.0 Å². The molecule has 6 nitrogen and oxygen atoms in total. The molecule has 1 aliphatic carbocycles. The van der Waals surface area contributed by atoms with E-state index in [-0.39, 0.29) is 1.43 Å². The predicted octanol–water partition coefficient (Wildman–Crippen LogP) is 6.37. The van der Waals surface area contributed by atoms with Crippen molar-refractivity contribution in [2.24, 2.45) is 5.92 Å². The summed E-state index contributed by atoms with van der Waals surface area (Å²) in [5, 5.41) is 19.2. The second-order valence-corrected chi connectivity index (χ2v) is 7.76. The van der Waals surface area contributed by atoms with Crippen LogP contribution in [0.1, 0.15) is 59.0 Å². The van der Waals surface area contributed by atoms with Crippen molar-refractivity contribution in [3.8, 4) is 23.5 Å². The average molecular weight is 413 g/mol. The van der Waals surface area contributed by atoms with Gasteiger partial charge >= 0.3 is 0 Å². The molecule has 1 N–H and O–H groups in total. The Labute approximate surface area is 183 Å². The van der Waals surface area contributed by atoms with Crippen LogP contribution in [0.4, 0.5) is 0 Å². The number of nitriles is 2. The van der Waals surface area contributed by atoms with E-state index in [1.54, 1.807) is 0 Å². The van der Waals surface area contributed by atoms with E-state index in [9.17, 15) is 0 Å². The Balaban J connectivity index is 0.000000938. The molecule has 3 aromatic heterocycles. The third-order valence-electron chi connectivity index (χ3n) is 6.07. The highest BCUT2D eigenvalue weighted by Crippen LogP contribution is 2.40. The lowest BCUT2D eigenvalue weighted by atomic mass is 9.84. The van der Waals surface area contributed by atoms with E-state index in [0.717, 1.165) is 59.1 Å². The molecule has 4 aromatic rings. The summed E-state index contributed by atoms with van der Waals surface area (Å²) in [5.41, 5.74) is 4.50. The van der Waals surface area contributed by atoms with Crippen LogP contribution in [-0.2, 0) is 0 Å². The summed E-state index contributed by atoms with van der Waals surface area (Å²) in [4.78, 5) is 12.7. The van der Waals surface area contributed by atoms with Crippen molar-refractivity contribution < 1.29 is 1.43 Å². The number of rotatable bonds is 3. The largest absolute Gasteiger partial charge is 0.346 e. The van der Waals surface area contributed by atoms with Crippen LogP contribution < -0.4 is 0 Å². The maximum absolute atomic E-state index is 9.13. The zero-order chi connectivity index (χ0) is 21.8. The molecule has 31 heavy (non-hydrogen) atoms. The molecule has 1 aromatic carbocycles. The Morgan fingerprint density at radius 3 is 2.52 bits per heavy atom. The molecule has 3 heterocycles. The van der Waals surface area contributed by atoms with Crippen molar-refractivity contribution in [1.82, 2.24) is 19.5 Å². The molecule has 158 valence electrons. The Hall–Kier alpha value is -3.64. The highest BCUT2D eigenvalue weighted by molar-refractivity contribution is 6.02. The SMILES string of the molecule is CC.N#CCC1CCC(n2c(-c3ccc(C#N)cc3)nc3cnc4[nH]ccc4c32)CC1.[HH]. The van der Waals surface area contributed by atoms with Gasteiger partial charge in [0.15, 0.2) is 0 Å². The van der Waals surface area contributed by atoms with Crippen LogP contribution in [0.5, 0.6) is 0 Å². The van der Waals surface area contributed by atoms with Gasteiger partial charge < -0.3 is 9.55 Å². The van der Waals surface area contributed by atoms with Gasteiger partial charge in [0.1, 0.15) is 17.0 Å². The number of aromatic amines is 1. The van der Waals surface area contributed by atoms with Crippen LogP contribution in [0.15, 0.2) is 42.7 Å². The van der Waals surface area contributed by atoms with Crippen molar-refractivity contribution >= 4 is 22.1 Å². The molecule has 1 aliphatic rings. The van der Waals surface area contributed by atoms with Gasteiger partial charge in [-0.05, 0) is 61.9 Å². The van der Waals surface area contributed by atoms with Crippen molar-refractivity contribution in [2.75, 3.05) is 0 Å². The Morgan fingerprint density at radius 2 is 1.84 bits per heavy atom. The van der Waals surface area contributed by atoms with Gasteiger partial charge in [-0.25, -0.2) is 9.97 Å². The Bertz CT molecular complexity index is 1260. The van der Waals surface area contributed by atoms with Crippen molar-refractivity contribution in [3.63, 3.8) is 0 Å². The lowest BCUT2D eigenvalue weighted by Crippen LogP contribution is -2.19. The molecular formula is C25H28N6. The quantitative estimate of drug-likeness (QED) is 0.423. The van der Waals surface area contributed by atoms with Gasteiger partial charge in [-0.15, -0.1) is 0 Å². The molecule has 0 bridgehead atoms. The minimum Gasteiger partial charge on any atom is -0.346 e. The highest BCUT2D eigenvalue weighted by atomic mass is 15.1. The number of pyridine rings is 1. The molecule has 5 rings (SSSR count). The number of imidazole rings is 1. The number of nitrogens with one attached hydrogen (secondary N) is 1. The zero-order valence-electron chi connectivity index (χ0n) is 18.0. The average Bonchev–Trinajstić information content (AvgIpc) is 3.45. The normalized spacial score (nSPS) is 18.2. The topological polar surface area (TPSA) is 94.1 Å². The number of nitrogens with zero attached hydrogens (tertiary/aromatic N) is 5. The van der Waals surface area contributed by atoms with Crippen LogP contribution >= 0.6 is 0 Å². The number of hydrogen-bond donors (Lipinski definition) is 1. The minimum atomic E-state index is 0. The first kappa shape index (κ1) is 20.6. The van der Waals surface area contributed by atoms with Gasteiger partial charge in [0.05, 0.1) is 29.4 Å². The van der Waals surface area contributed by atoms with Crippen LogP contribution in [0, 0.1) is 28.6 Å². The lowest BCUT2D eigenvalue weighted by molar-refractivity contribution is 0.283. The Morgan fingerprint density at radius 1 is 1.10 bits per heavy atom. The smallest absolute Gasteiger partial charge is 0.141 e.